The number of thioether (sulfide) groups is 1. The van der Waals surface area contributed by atoms with Crippen LogP contribution in [0.25, 0.3) is 0 Å². The maximum Gasteiger partial charge on any atom is 0.377 e. The zero-order chi connectivity index (χ0) is 11.1. The molecular formula is C10H12N2O3S. The van der Waals surface area contributed by atoms with Gasteiger partial charge < -0.3 is 9.63 Å². The van der Waals surface area contributed by atoms with Crippen molar-refractivity contribution in [2.24, 2.45) is 0 Å². The first-order valence-corrected chi connectivity index (χ1v) is 6.39. The highest BCUT2D eigenvalue weighted by Crippen LogP contribution is 2.48. The second-order valence-corrected chi connectivity index (χ2v) is 5.99. The third kappa shape index (κ3) is 1.71. The molecule has 2 atom stereocenters. The molecule has 2 bridgehead atoms. The summed E-state index contributed by atoms with van der Waals surface area (Å²) in [4.78, 5) is 14.6. The zero-order valence-corrected chi connectivity index (χ0v) is 9.44. The van der Waals surface area contributed by atoms with Gasteiger partial charge in [0.05, 0.1) is 0 Å². The van der Waals surface area contributed by atoms with Crippen LogP contribution in [0.3, 0.4) is 0 Å². The lowest BCUT2D eigenvalue weighted by Crippen LogP contribution is -2.16. The molecule has 0 spiro atoms. The van der Waals surface area contributed by atoms with Crippen molar-refractivity contribution in [3.8, 4) is 0 Å². The topological polar surface area (TPSA) is 76.2 Å². The summed E-state index contributed by atoms with van der Waals surface area (Å²) >= 11 is 2.06. The molecule has 16 heavy (non-hydrogen) atoms. The Morgan fingerprint density at radius 1 is 1.38 bits per heavy atom. The average Bonchev–Trinajstić information content (AvgIpc) is 2.85. The van der Waals surface area contributed by atoms with Crippen molar-refractivity contribution < 1.29 is 14.4 Å². The van der Waals surface area contributed by atoms with Crippen LogP contribution in [0.5, 0.6) is 0 Å². The van der Waals surface area contributed by atoms with Gasteiger partial charge in [-0.2, -0.15) is 16.7 Å². The van der Waals surface area contributed by atoms with Crippen LogP contribution in [0.2, 0.25) is 0 Å². The first-order valence-electron chi connectivity index (χ1n) is 5.44. The van der Waals surface area contributed by atoms with Crippen LogP contribution in [0.4, 0.5) is 0 Å². The van der Waals surface area contributed by atoms with Gasteiger partial charge in [-0.1, -0.05) is 0 Å². The van der Waals surface area contributed by atoms with E-state index in [1.165, 1.54) is 12.8 Å². The van der Waals surface area contributed by atoms with E-state index in [1.54, 1.807) is 0 Å². The Morgan fingerprint density at radius 2 is 2.06 bits per heavy atom. The highest BCUT2D eigenvalue weighted by atomic mass is 32.2. The molecule has 0 amide bonds. The summed E-state index contributed by atoms with van der Waals surface area (Å²) in [5.41, 5.74) is 0. The fourth-order valence-corrected chi connectivity index (χ4v) is 4.32. The number of carboxylic acids is 1. The van der Waals surface area contributed by atoms with E-state index in [9.17, 15) is 4.79 Å². The normalized spacial score (nSPS) is 32.9. The van der Waals surface area contributed by atoms with E-state index in [4.69, 9.17) is 9.63 Å². The number of nitrogens with zero attached hydrogens (tertiary/aromatic N) is 2. The van der Waals surface area contributed by atoms with Crippen LogP contribution in [0.15, 0.2) is 4.52 Å². The fourth-order valence-electron chi connectivity index (χ4n) is 2.55. The minimum Gasteiger partial charge on any atom is -0.475 e. The molecule has 5 nitrogen and oxygen atoms in total. The number of hydrogen-bond acceptors (Lipinski definition) is 5. The summed E-state index contributed by atoms with van der Waals surface area (Å²) in [7, 11) is 0. The Labute approximate surface area is 96.6 Å². The van der Waals surface area contributed by atoms with Crippen LogP contribution >= 0.6 is 11.8 Å². The number of aromatic nitrogens is 2. The van der Waals surface area contributed by atoms with Crippen molar-refractivity contribution in [3.05, 3.63) is 11.7 Å². The zero-order valence-electron chi connectivity index (χ0n) is 8.63. The predicted octanol–water partition coefficient (Wildman–Crippen LogP) is 1.91. The second kappa shape index (κ2) is 3.76. The number of hydrogen-bond donors (Lipinski definition) is 1. The Hall–Kier alpha value is -1.04. The van der Waals surface area contributed by atoms with Gasteiger partial charge in [-0.3, -0.25) is 0 Å². The summed E-state index contributed by atoms with van der Waals surface area (Å²) in [6.07, 6.45) is 4.63. The fraction of sp³-hybridized carbons (Fsp3) is 0.700. The first kappa shape index (κ1) is 10.1. The highest BCUT2D eigenvalue weighted by molar-refractivity contribution is 8.00. The third-order valence-electron chi connectivity index (χ3n) is 3.27. The molecule has 1 aromatic rings. The van der Waals surface area contributed by atoms with Gasteiger partial charge in [-0.15, -0.1) is 0 Å². The molecule has 6 heteroatoms. The molecule has 0 aliphatic carbocycles. The Morgan fingerprint density at radius 3 is 2.62 bits per heavy atom. The van der Waals surface area contributed by atoms with Crippen LogP contribution < -0.4 is 0 Å². The quantitative estimate of drug-likeness (QED) is 0.851. The van der Waals surface area contributed by atoms with Gasteiger partial charge in [-0.05, 0) is 30.8 Å². The highest BCUT2D eigenvalue weighted by Gasteiger charge is 2.37. The molecule has 3 rings (SSSR count). The molecule has 2 aliphatic rings. The van der Waals surface area contributed by atoms with E-state index in [0.717, 1.165) is 12.8 Å². The lowest BCUT2D eigenvalue weighted by molar-refractivity contribution is 0.0680. The van der Waals surface area contributed by atoms with Gasteiger partial charge in [0, 0.05) is 16.4 Å². The van der Waals surface area contributed by atoms with E-state index in [2.05, 4.69) is 21.9 Å². The molecule has 0 radical (unpaired) electrons. The molecule has 0 aromatic carbocycles. The van der Waals surface area contributed by atoms with Gasteiger partial charge in [-0.25, -0.2) is 4.79 Å². The van der Waals surface area contributed by atoms with Gasteiger partial charge in [0.2, 0.25) is 5.89 Å². The molecule has 3 heterocycles. The molecule has 1 N–H and O–H groups in total. The lowest BCUT2D eigenvalue weighted by Gasteiger charge is -2.24. The molecule has 2 aliphatic heterocycles. The summed E-state index contributed by atoms with van der Waals surface area (Å²) in [6.45, 7) is 0. The monoisotopic (exact) mass is 240 g/mol. The van der Waals surface area contributed by atoms with Crippen LogP contribution in [0, 0.1) is 0 Å². The SMILES string of the molecule is O=C(O)c1noc(C2CC3CCC(C2)S3)n1. The van der Waals surface area contributed by atoms with Crippen LogP contribution in [-0.2, 0) is 0 Å². The molecule has 0 saturated carbocycles. The van der Waals surface area contributed by atoms with Gasteiger partial charge in [0.1, 0.15) is 0 Å². The van der Waals surface area contributed by atoms with E-state index in [-0.39, 0.29) is 11.7 Å². The van der Waals surface area contributed by atoms with E-state index >= 15 is 0 Å². The predicted molar refractivity (Wildman–Crippen MR) is 57.6 cm³/mol. The van der Waals surface area contributed by atoms with Crippen molar-refractivity contribution in [3.63, 3.8) is 0 Å². The number of fused-ring (bicyclic) bond motifs is 2. The van der Waals surface area contributed by atoms with E-state index in [1.807, 2.05) is 0 Å². The number of aromatic carboxylic acids is 1. The number of rotatable bonds is 2. The Balaban J connectivity index is 1.79. The second-order valence-electron chi connectivity index (χ2n) is 4.39. The minimum atomic E-state index is -1.12. The van der Waals surface area contributed by atoms with Gasteiger partial charge >= 0.3 is 5.97 Å². The molecule has 2 unspecified atom stereocenters. The molecule has 2 fully saturated rings. The minimum absolute atomic E-state index is 0.222. The molecule has 1 aromatic heterocycles. The van der Waals surface area contributed by atoms with Crippen LogP contribution in [0.1, 0.15) is 48.1 Å². The third-order valence-corrected chi connectivity index (χ3v) is 4.90. The summed E-state index contributed by atoms with van der Waals surface area (Å²) in [5.74, 6) is -0.572. The summed E-state index contributed by atoms with van der Waals surface area (Å²) in [5, 5.41) is 13.6. The van der Waals surface area contributed by atoms with Gasteiger partial charge in [0.15, 0.2) is 0 Å². The smallest absolute Gasteiger partial charge is 0.377 e. The van der Waals surface area contributed by atoms with Crippen LogP contribution in [-0.4, -0.2) is 31.7 Å². The van der Waals surface area contributed by atoms with E-state index < -0.39 is 5.97 Å². The van der Waals surface area contributed by atoms with Gasteiger partial charge in [0.25, 0.3) is 5.82 Å². The van der Waals surface area contributed by atoms with Crippen molar-refractivity contribution >= 4 is 17.7 Å². The summed E-state index contributed by atoms with van der Waals surface area (Å²) in [6, 6.07) is 0. The van der Waals surface area contributed by atoms with E-state index in [0.29, 0.717) is 16.4 Å². The molecule has 86 valence electrons. The largest absolute Gasteiger partial charge is 0.475 e. The Bertz CT molecular complexity index is 408. The number of carbonyl (C=O) groups is 1. The standard InChI is InChI=1S/C10H12N2O3S/c13-10(14)8-11-9(15-12-8)5-3-6-1-2-7(4-5)16-6/h5-7H,1-4H2,(H,13,14). The first-order chi connectivity index (χ1) is 7.72. The Kier molecular flexibility index (Phi) is 2.38. The lowest BCUT2D eigenvalue weighted by atomic mass is 9.99. The molecule has 2 saturated heterocycles. The number of carboxylic acid groups (broad SMARTS) is 1. The summed E-state index contributed by atoms with van der Waals surface area (Å²) < 4.78 is 5.04. The van der Waals surface area contributed by atoms with Crippen molar-refractivity contribution in [1.82, 2.24) is 10.1 Å². The van der Waals surface area contributed by atoms with Crippen molar-refractivity contribution in [2.75, 3.05) is 0 Å². The maximum atomic E-state index is 10.6. The maximum absolute atomic E-state index is 10.6. The van der Waals surface area contributed by atoms with Crippen molar-refractivity contribution in [2.45, 2.75) is 42.1 Å². The molecular weight excluding hydrogens is 228 g/mol. The van der Waals surface area contributed by atoms with Crippen molar-refractivity contribution in [1.29, 1.82) is 0 Å². The average molecular weight is 240 g/mol.